The number of carbonyl (C=O) groups excluding carboxylic acids is 1. The number of halogens is 2. The second kappa shape index (κ2) is 7.79. The summed E-state index contributed by atoms with van der Waals surface area (Å²) in [6.45, 7) is 4.17. The topological polar surface area (TPSA) is 64.4 Å². The minimum absolute atomic E-state index is 0. The summed E-state index contributed by atoms with van der Waals surface area (Å²) < 4.78 is 19.3. The Morgan fingerprint density at radius 2 is 2.27 bits per heavy atom. The molecule has 0 saturated heterocycles. The van der Waals surface area contributed by atoms with Crippen LogP contribution >= 0.6 is 12.4 Å². The van der Waals surface area contributed by atoms with Gasteiger partial charge in [-0.05, 0) is 32.3 Å². The van der Waals surface area contributed by atoms with Gasteiger partial charge in [0.15, 0.2) is 11.6 Å². The lowest BCUT2D eigenvalue weighted by molar-refractivity contribution is -0.126. The largest absolute Gasteiger partial charge is 0.490 e. The van der Waals surface area contributed by atoms with Crippen LogP contribution in [-0.4, -0.2) is 18.1 Å². The van der Waals surface area contributed by atoms with Crippen molar-refractivity contribution in [2.45, 2.75) is 51.1 Å². The van der Waals surface area contributed by atoms with Crippen LogP contribution in [0.15, 0.2) is 18.2 Å². The maximum atomic E-state index is 13.9. The van der Waals surface area contributed by atoms with Gasteiger partial charge in [0.05, 0.1) is 18.2 Å². The standard InChI is InChI=1S/C16H23FN2O2.ClH/c1-3-9-16(2,18)15(20)19-13-8-5-10-21-14-11(13)6-4-7-12(14)17;/h4,6-7,13H,3,5,8-10,18H2,1-2H3,(H,19,20);1H. The number of hydrogen-bond donors (Lipinski definition) is 2. The van der Waals surface area contributed by atoms with Crippen molar-refractivity contribution in [2.24, 2.45) is 5.73 Å². The summed E-state index contributed by atoms with van der Waals surface area (Å²) in [4.78, 5) is 12.4. The molecule has 1 aromatic rings. The van der Waals surface area contributed by atoms with Crippen molar-refractivity contribution in [1.82, 2.24) is 5.32 Å². The van der Waals surface area contributed by atoms with Crippen LogP contribution in [0, 0.1) is 5.82 Å². The third kappa shape index (κ3) is 4.11. The van der Waals surface area contributed by atoms with Crippen LogP contribution in [0.3, 0.4) is 0 Å². The van der Waals surface area contributed by atoms with Gasteiger partial charge in [-0.15, -0.1) is 12.4 Å². The summed E-state index contributed by atoms with van der Waals surface area (Å²) in [6, 6.07) is 4.54. The third-order valence-corrected chi connectivity index (χ3v) is 3.85. The highest BCUT2D eigenvalue weighted by Crippen LogP contribution is 2.33. The van der Waals surface area contributed by atoms with E-state index in [1.807, 2.05) is 6.92 Å². The van der Waals surface area contributed by atoms with Gasteiger partial charge in [-0.1, -0.05) is 25.5 Å². The van der Waals surface area contributed by atoms with Crippen molar-refractivity contribution in [1.29, 1.82) is 0 Å². The quantitative estimate of drug-likeness (QED) is 0.891. The number of para-hydroxylation sites is 1. The molecule has 1 aliphatic rings. The molecule has 2 atom stereocenters. The average molecular weight is 331 g/mol. The number of ether oxygens (including phenoxy) is 1. The first-order valence-corrected chi connectivity index (χ1v) is 7.46. The van der Waals surface area contributed by atoms with E-state index >= 15 is 0 Å². The van der Waals surface area contributed by atoms with Crippen molar-refractivity contribution >= 4 is 18.3 Å². The second-order valence-corrected chi connectivity index (χ2v) is 5.84. The monoisotopic (exact) mass is 330 g/mol. The molecule has 4 nitrogen and oxygen atoms in total. The number of carbonyl (C=O) groups is 1. The number of amides is 1. The van der Waals surface area contributed by atoms with Gasteiger partial charge in [0.25, 0.3) is 0 Å². The minimum Gasteiger partial charge on any atom is -0.490 e. The number of nitrogens with two attached hydrogens (primary N) is 1. The van der Waals surface area contributed by atoms with Crippen LogP contribution in [0.1, 0.15) is 51.1 Å². The molecule has 1 aliphatic heterocycles. The van der Waals surface area contributed by atoms with Crippen LogP contribution in [-0.2, 0) is 4.79 Å². The van der Waals surface area contributed by atoms with E-state index < -0.39 is 11.4 Å². The SMILES string of the molecule is CCCC(C)(N)C(=O)NC1CCCOc2c(F)cccc21.Cl. The van der Waals surface area contributed by atoms with Crippen LogP contribution in [0.2, 0.25) is 0 Å². The van der Waals surface area contributed by atoms with Gasteiger partial charge in [0, 0.05) is 5.56 Å². The highest BCUT2D eigenvalue weighted by atomic mass is 35.5. The van der Waals surface area contributed by atoms with Crippen molar-refractivity contribution in [3.05, 3.63) is 29.6 Å². The van der Waals surface area contributed by atoms with E-state index in [0.717, 1.165) is 12.8 Å². The molecule has 1 amide bonds. The Morgan fingerprint density at radius 1 is 1.55 bits per heavy atom. The zero-order valence-electron chi connectivity index (χ0n) is 13.0. The van der Waals surface area contributed by atoms with Crippen molar-refractivity contribution in [2.75, 3.05) is 6.61 Å². The van der Waals surface area contributed by atoms with Gasteiger partial charge in [0.2, 0.25) is 5.91 Å². The summed E-state index contributed by atoms with van der Waals surface area (Å²) in [6.07, 6.45) is 2.91. The fraction of sp³-hybridized carbons (Fsp3) is 0.562. The Balaban J connectivity index is 0.00000242. The second-order valence-electron chi connectivity index (χ2n) is 5.84. The lowest BCUT2D eigenvalue weighted by atomic mass is 9.94. The van der Waals surface area contributed by atoms with Gasteiger partial charge >= 0.3 is 0 Å². The molecule has 22 heavy (non-hydrogen) atoms. The van der Waals surface area contributed by atoms with E-state index in [2.05, 4.69) is 5.32 Å². The molecule has 2 rings (SSSR count). The number of nitrogens with one attached hydrogen (secondary N) is 1. The zero-order valence-corrected chi connectivity index (χ0v) is 13.8. The van der Waals surface area contributed by atoms with Crippen LogP contribution in [0.5, 0.6) is 5.75 Å². The van der Waals surface area contributed by atoms with Crippen molar-refractivity contribution in [3.8, 4) is 5.75 Å². The number of rotatable bonds is 4. The molecule has 0 aliphatic carbocycles. The summed E-state index contributed by atoms with van der Waals surface area (Å²) in [7, 11) is 0. The molecule has 2 unspecified atom stereocenters. The Morgan fingerprint density at radius 3 is 2.95 bits per heavy atom. The number of benzene rings is 1. The van der Waals surface area contributed by atoms with E-state index in [0.29, 0.717) is 25.0 Å². The maximum absolute atomic E-state index is 13.9. The van der Waals surface area contributed by atoms with Crippen molar-refractivity contribution in [3.63, 3.8) is 0 Å². The zero-order chi connectivity index (χ0) is 15.5. The van der Waals surface area contributed by atoms with E-state index in [-0.39, 0.29) is 30.1 Å². The first-order chi connectivity index (χ1) is 9.95. The Labute approximate surface area is 137 Å². The molecule has 0 spiro atoms. The van der Waals surface area contributed by atoms with Crippen LogP contribution in [0.25, 0.3) is 0 Å². The van der Waals surface area contributed by atoms with Crippen molar-refractivity contribution < 1.29 is 13.9 Å². The summed E-state index contributed by atoms with van der Waals surface area (Å²) >= 11 is 0. The molecule has 0 radical (unpaired) electrons. The first kappa shape index (κ1) is 18.7. The Hall–Kier alpha value is -1.33. The minimum atomic E-state index is -0.907. The molecule has 6 heteroatoms. The highest BCUT2D eigenvalue weighted by Gasteiger charge is 2.31. The predicted molar refractivity (Wildman–Crippen MR) is 86.8 cm³/mol. The smallest absolute Gasteiger partial charge is 0.240 e. The predicted octanol–water partition coefficient (Wildman–Crippen LogP) is 3.09. The van der Waals surface area contributed by atoms with Crippen LogP contribution < -0.4 is 15.8 Å². The molecular formula is C16H24ClFN2O2. The summed E-state index contributed by atoms with van der Waals surface area (Å²) in [5, 5.41) is 2.96. The normalized spacial score (nSPS) is 19.7. The molecule has 0 bridgehead atoms. The molecule has 1 aromatic carbocycles. The molecular weight excluding hydrogens is 307 g/mol. The van der Waals surface area contributed by atoms with Gasteiger partial charge in [0.1, 0.15) is 0 Å². The van der Waals surface area contributed by atoms with Gasteiger partial charge < -0.3 is 15.8 Å². The van der Waals surface area contributed by atoms with E-state index in [1.54, 1.807) is 19.1 Å². The van der Waals surface area contributed by atoms with Gasteiger partial charge in [-0.3, -0.25) is 4.79 Å². The average Bonchev–Trinajstić information content (AvgIpc) is 2.63. The molecule has 0 saturated carbocycles. The first-order valence-electron chi connectivity index (χ1n) is 7.46. The Kier molecular flexibility index (Phi) is 6.63. The summed E-state index contributed by atoms with van der Waals surface area (Å²) in [5.41, 5.74) is 5.84. The molecule has 3 N–H and O–H groups in total. The lowest BCUT2D eigenvalue weighted by Gasteiger charge is -2.27. The molecule has 1 heterocycles. The fourth-order valence-corrected chi connectivity index (χ4v) is 2.68. The number of hydrogen-bond acceptors (Lipinski definition) is 3. The molecule has 0 aromatic heterocycles. The van der Waals surface area contributed by atoms with E-state index in [4.69, 9.17) is 10.5 Å². The van der Waals surface area contributed by atoms with Gasteiger partial charge in [-0.25, -0.2) is 4.39 Å². The fourth-order valence-electron chi connectivity index (χ4n) is 2.68. The van der Waals surface area contributed by atoms with E-state index in [1.165, 1.54) is 6.07 Å². The lowest BCUT2D eigenvalue weighted by Crippen LogP contribution is -2.52. The van der Waals surface area contributed by atoms with Crippen LogP contribution in [0.4, 0.5) is 4.39 Å². The maximum Gasteiger partial charge on any atom is 0.240 e. The Bertz CT molecular complexity index is 523. The molecule has 124 valence electrons. The summed E-state index contributed by atoms with van der Waals surface area (Å²) in [5.74, 6) is -0.348. The number of fused-ring (bicyclic) bond motifs is 1. The van der Waals surface area contributed by atoms with Gasteiger partial charge in [-0.2, -0.15) is 0 Å². The highest BCUT2D eigenvalue weighted by molar-refractivity contribution is 5.86. The van der Waals surface area contributed by atoms with E-state index in [9.17, 15) is 9.18 Å². The third-order valence-electron chi connectivity index (χ3n) is 3.85. The molecule has 0 fully saturated rings.